The van der Waals surface area contributed by atoms with Crippen molar-refractivity contribution in [2.45, 2.75) is 20.3 Å². The molecule has 0 heterocycles. The quantitative estimate of drug-likeness (QED) is 0.666. The molecule has 7 heteroatoms. The lowest BCUT2D eigenvalue weighted by Gasteiger charge is -2.12. The van der Waals surface area contributed by atoms with Crippen LogP contribution in [0, 0.1) is 0 Å². The molecular formula is C13H18N2O4S. The first kappa shape index (κ1) is 16.2. The van der Waals surface area contributed by atoms with Crippen LogP contribution in [0.2, 0.25) is 0 Å². The van der Waals surface area contributed by atoms with Gasteiger partial charge in [0, 0.05) is 12.6 Å². The molecule has 0 aliphatic carbocycles. The second-order valence-electron chi connectivity index (χ2n) is 4.05. The molecular weight excluding hydrogens is 280 g/mol. The third-order valence-corrected chi connectivity index (χ3v) is 3.66. The molecule has 0 radical (unpaired) electrons. The molecule has 0 saturated carbocycles. The van der Waals surface area contributed by atoms with Gasteiger partial charge in [-0.2, -0.15) is 13.1 Å². The number of carboxylic acid groups (broad SMARTS) is 1. The fraction of sp³-hybridized carbons (Fsp3) is 0.308. The summed E-state index contributed by atoms with van der Waals surface area (Å²) in [5.41, 5.74) is 1.98. The van der Waals surface area contributed by atoms with Gasteiger partial charge in [0.15, 0.2) is 0 Å². The van der Waals surface area contributed by atoms with E-state index in [0.29, 0.717) is 24.2 Å². The van der Waals surface area contributed by atoms with Crippen LogP contribution in [0.15, 0.2) is 24.3 Å². The minimum atomic E-state index is -3.57. The van der Waals surface area contributed by atoms with Crippen molar-refractivity contribution in [1.82, 2.24) is 4.72 Å². The SMILES string of the molecule is CCNS(=O)(=O)Nc1ccc(/C=C/C(=O)O)cc1CC. The number of carbonyl (C=O) groups is 1. The van der Waals surface area contributed by atoms with Gasteiger partial charge in [0.2, 0.25) is 0 Å². The summed E-state index contributed by atoms with van der Waals surface area (Å²) in [7, 11) is -3.57. The fourth-order valence-corrected chi connectivity index (χ4v) is 2.59. The van der Waals surface area contributed by atoms with Crippen molar-refractivity contribution < 1.29 is 18.3 Å². The van der Waals surface area contributed by atoms with E-state index in [2.05, 4.69) is 9.44 Å². The zero-order valence-electron chi connectivity index (χ0n) is 11.4. The van der Waals surface area contributed by atoms with Crippen molar-refractivity contribution in [2.75, 3.05) is 11.3 Å². The van der Waals surface area contributed by atoms with E-state index in [1.54, 1.807) is 25.1 Å². The van der Waals surface area contributed by atoms with Crippen LogP contribution in [0.5, 0.6) is 0 Å². The first-order valence-electron chi connectivity index (χ1n) is 6.19. The summed E-state index contributed by atoms with van der Waals surface area (Å²) < 4.78 is 28.1. The molecule has 0 bridgehead atoms. The molecule has 1 aromatic carbocycles. The zero-order chi connectivity index (χ0) is 15.2. The minimum absolute atomic E-state index is 0.302. The summed E-state index contributed by atoms with van der Waals surface area (Å²) in [5.74, 6) is -1.03. The van der Waals surface area contributed by atoms with Crippen LogP contribution in [0.4, 0.5) is 5.69 Å². The monoisotopic (exact) mass is 298 g/mol. The van der Waals surface area contributed by atoms with Gasteiger partial charge in [0.25, 0.3) is 10.2 Å². The number of hydrogen-bond donors (Lipinski definition) is 3. The molecule has 110 valence electrons. The predicted octanol–water partition coefficient (Wildman–Crippen LogP) is 1.61. The van der Waals surface area contributed by atoms with Crippen molar-refractivity contribution in [2.24, 2.45) is 0 Å². The van der Waals surface area contributed by atoms with Crippen LogP contribution < -0.4 is 9.44 Å². The van der Waals surface area contributed by atoms with Gasteiger partial charge in [-0.1, -0.05) is 19.9 Å². The van der Waals surface area contributed by atoms with Gasteiger partial charge in [0.05, 0.1) is 5.69 Å². The third-order valence-electron chi connectivity index (χ3n) is 2.51. The largest absolute Gasteiger partial charge is 0.478 e. The molecule has 0 unspecified atom stereocenters. The van der Waals surface area contributed by atoms with Gasteiger partial charge >= 0.3 is 5.97 Å². The van der Waals surface area contributed by atoms with Crippen LogP contribution in [0.25, 0.3) is 6.08 Å². The lowest BCUT2D eigenvalue weighted by molar-refractivity contribution is -0.131. The zero-order valence-corrected chi connectivity index (χ0v) is 12.2. The topological polar surface area (TPSA) is 95.5 Å². The van der Waals surface area contributed by atoms with Gasteiger partial charge in [-0.05, 0) is 35.8 Å². The number of anilines is 1. The van der Waals surface area contributed by atoms with Gasteiger partial charge in [-0.15, -0.1) is 0 Å². The standard InChI is InChI=1S/C13H18N2O4S/c1-3-11-9-10(6-8-13(16)17)5-7-12(11)15-20(18,19)14-4-2/h5-9,14-15H,3-4H2,1-2H3,(H,16,17)/b8-6+. The molecule has 0 saturated heterocycles. The van der Waals surface area contributed by atoms with Crippen molar-refractivity contribution in [3.8, 4) is 0 Å². The lowest BCUT2D eigenvalue weighted by Crippen LogP contribution is -2.30. The average molecular weight is 298 g/mol. The minimum Gasteiger partial charge on any atom is -0.478 e. The Morgan fingerprint density at radius 2 is 2.05 bits per heavy atom. The third kappa shape index (κ3) is 5.02. The fourth-order valence-electron chi connectivity index (χ4n) is 1.65. The smallest absolute Gasteiger partial charge is 0.328 e. The maximum Gasteiger partial charge on any atom is 0.328 e. The predicted molar refractivity (Wildman–Crippen MR) is 78.7 cm³/mol. The first-order chi connectivity index (χ1) is 9.38. The Labute approximate surface area is 118 Å². The molecule has 1 rings (SSSR count). The van der Waals surface area contributed by atoms with E-state index in [1.165, 1.54) is 6.08 Å². The summed E-state index contributed by atoms with van der Waals surface area (Å²) >= 11 is 0. The number of aryl methyl sites for hydroxylation is 1. The molecule has 20 heavy (non-hydrogen) atoms. The van der Waals surface area contributed by atoms with Gasteiger partial charge in [-0.3, -0.25) is 4.72 Å². The van der Waals surface area contributed by atoms with E-state index >= 15 is 0 Å². The lowest BCUT2D eigenvalue weighted by atomic mass is 10.1. The Morgan fingerprint density at radius 3 is 2.60 bits per heavy atom. The van der Waals surface area contributed by atoms with E-state index in [0.717, 1.165) is 11.6 Å². The first-order valence-corrected chi connectivity index (χ1v) is 7.67. The normalized spacial score (nSPS) is 11.7. The Hall–Kier alpha value is -1.86. The molecule has 0 fully saturated rings. The summed E-state index contributed by atoms with van der Waals surface area (Å²) in [6.07, 6.45) is 3.13. The maximum atomic E-state index is 11.7. The van der Waals surface area contributed by atoms with E-state index < -0.39 is 16.2 Å². The number of rotatable bonds is 7. The van der Waals surface area contributed by atoms with Crippen LogP contribution in [-0.2, 0) is 21.4 Å². The van der Waals surface area contributed by atoms with Crippen LogP contribution >= 0.6 is 0 Å². The van der Waals surface area contributed by atoms with E-state index in [-0.39, 0.29) is 0 Å². The van der Waals surface area contributed by atoms with Gasteiger partial charge in [0.1, 0.15) is 0 Å². The Bertz CT molecular complexity index is 609. The highest BCUT2D eigenvalue weighted by Crippen LogP contribution is 2.20. The average Bonchev–Trinajstić information content (AvgIpc) is 2.36. The van der Waals surface area contributed by atoms with E-state index in [4.69, 9.17) is 5.11 Å². The second-order valence-corrected chi connectivity index (χ2v) is 5.54. The molecule has 0 aliphatic rings. The summed E-state index contributed by atoms with van der Waals surface area (Å²) in [6.45, 7) is 3.89. The number of hydrogen-bond acceptors (Lipinski definition) is 3. The molecule has 0 aliphatic heterocycles. The molecule has 0 amide bonds. The Morgan fingerprint density at radius 1 is 1.35 bits per heavy atom. The second kappa shape index (κ2) is 7.06. The van der Waals surface area contributed by atoms with Crippen LogP contribution in [0.1, 0.15) is 25.0 Å². The van der Waals surface area contributed by atoms with Crippen molar-refractivity contribution in [3.05, 3.63) is 35.4 Å². The molecule has 0 spiro atoms. The molecule has 0 aromatic heterocycles. The van der Waals surface area contributed by atoms with Crippen molar-refractivity contribution in [3.63, 3.8) is 0 Å². The van der Waals surface area contributed by atoms with E-state index in [1.807, 2.05) is 6.92 Å². The Kier molecular flexibility index (Phi) is 5.72. The summed E-state index contributed by atoms with van der Waals surface area (Å²) in [6, 6.07) is 5.03. The number of carboxylic acids is 1. The van der Waals surface area contributed by atoms with Crippen LogP contribution in [0.3, 0.4) is 0 Å². The van der Waals surface area contributed by atoms with E-state index in [9.17, 15) is 13.2 Å². The Balaban J connectivity index is 3.02. The molecule has 6 nitrogen and oxygen atoms in total. The van der Waals surface area contributed by atoms with Crippen molar-refractivity contribution in [1.29, 1.82) is 0 Å². The summed E-state index contributed by atoms with van der Waals surface area (Å²) in [5, 5.41) is 8.58. The summed E-state index contributed by atoms with van der Waals surface area (Å²) in [4.78, 5) is 10.5. The molecule has 3 N–H and O–H groups in total. The highest BCUT2D eigenvalue weighted by atomic mass is 32.2. The van der Waals surface area contributed by atoms with Gasteiger partial charge < -0.3 is 5.11 Å². The number of nitrogens with one attached hydrogen (secondary N) is 2. The maximum absolute atomic E-state index is 11.7. The number of benzene rings is 1. The number of aliphatic carboxylic acids is 1. The van der Waals surface area contributed by atoms with Crippen LogP contribution in [-0.4, -0.2) is 26.0 Å². The molecule has 1 aromatic rings. The highest BCUT2D eigenvalue weighted by Gasteiger charge is 2.10. The highest BCUT2D eigenvalue weighted by molar-refractivity contribution is 7.90. The molecule has 0 atom stereocenters. The van der Waals surface area contributed by atoms with Gasteiger partial charge in [-0.25, -0.2) is 4.79 Å². The van der Waals surface area contributed by atoms with Crippen molar-refractivity contribution >= 4 is 27.9 Å².